The van der Waals surface area contributed by atoms with E-state index in [2.05, 4.69) is 20.2 Å². The van der Waals surface area contributed by atoms with Gasteiger partial charge in [-0.05, 0) is 50.2 Å². The van der Waals surface area contributed by atoms with Gasteiger partial charge in [-0.1, -0.05) is 11.3 Å². The van der Waals surface area contributed by atoms with Crippen molar-refractivity contribution in [3.8, 4) is 0 Å². The molecule has 1 amide bonds. The minimum Gasteiger partial charge on any atom is -0.468 e. The second kappa shape index (κ2) is 8.76. The molecule has 11 heteroatoms. The molecular weight excluding hydrogens is 420 g/mol. The fourth-order valence-corrected chi connectivity index (χ4v) is 4.76. The van der Waals surface area contributed by atoms with E-state index in [4.69, 9.17) is 4.42 Å². The number of nitrogens with one attached hydrogen (secondary N) is 2. The summed E-state index contributed by atoms with van der Waals surface area (Å²) < 4.78 is 32.4. The first-order chi connectivity index (χ1) is 13.3. The highest BCUT2D eigenvalue weighted by atomic mass is 32.2. The summed E-state index contributed by atoms with van der Waals surface area (Å²) in [6.07, 6.45) is 1.59. The van der Waals surface area contributed by atoms with E-state index in [-0.39, 0.29) is 21.2 Å². The van der Waals surface area contributed by atoms with Crippen LogP contribution in [0.15, 0.2) is 52.0 Å². The number of sulfonamides is 1. The Morgan fingerprint density at radius 3 is 2.61 bits per heavy atom. The number of hydrogen-bond acceptors (Lipinski definition) is 8. The van der Waals surface area contributed by atoms with Crippen molar-refractivity contribution in [3.05, 3.63) is 53.4 Å². The van der Waals surface area contributed by atoms with Crippen LogP contribution in [0.5, 0.6) is 0 Å². The van der Waals surface area contributed by atoms with Crippen molar-refractivity contribution in [1.29, 1.82) is 0 Å². The lowest BCUT2D eigenvalue weighted by Gasteiger charge is -2.12. The van der Waals surface area contributed by atoms with E-state index < -0.39 is 10.0 Å². The summed E-state index contributed by atoms with van der Waals surface area (Å²) in [6.45, 7) is 3.54. The molecule has 1 atom stereocenters. The molecule has 0 aliphatic carbocycles. The first-order valence-electron chi connectivity index (χ1n) is 8.21. The molecule has 0 bridgehead atoms. The summed E-state index contributed by atoms with van der Waals surface area (Å²) in [4.78, 5) is 12.4. The molecule has 2 aromatic heterocycles. The molecule has 148 valence electrons. The third-order valence-electron chi connectivity index (χ3n) is 3.60. The molecule has 2 heterocycles. The van der Waals surface area contributed by atoms with E-state index in [0.29, 0.717) is 16.4 Å². The predicted octanol–water partition coefficient (Wildman–Crippen LogP) is 3.50. The van der Waals surface area contributed by atoms with Gasteiger partial charge < -0.3 is 9.73 Å². The van der Waals surface area contributed by atoms with E-state index in [1.54, 1.807) is 38.3 Å². The van der Waals surface area contributed by atoms with Crippen LogP contribution in [0.2, 0.25) is 0 Å². The van der Waals surface area contributed by atoms with Crippen LogP contribution < -0.4 is 10.0 Å². The van der Waals surface area contributed by atoms with Gasteiger partial charge in [-0.2, -0.15) is 0 Å². The maximum Gasteiger partial charge on any atom is 0.263 e. The van der Waals surface area contributed by atoms with Crippen molar-refractivity contribution in [3.63, 3.8) is 0 Å². The van der Waals surface area contributed by atoms with Gasteiger partial charge in [0.2, 0.25) is 11.0 Å². The average Bonchev–Trinajstić information content (AvgIpc) is 3.31. The van der Waals surface area contributed by atoms with Crippen molar-refractivity contribution in [2.24, 2.45) is 0 Å². The number of rotatable bonds is 8. The number of aromatic nitrogens is 2. The van der Waals surface area contributed by atoms with Gasteiger partial charge in [0.1, 0.15) is 10.8 Å². The van der Waals surface area contributed by atoms with Gasteiger partial charge in [0.15, 0.2) is 0 Å². The van der Waals surface area contributed by atoms with Crippen LogP contribution in [-0.4, -0.2) is 29.8 Å². The molecular formula is C17H18N4O4S3. The fraction of sp³-hybridized carbons (Fsp3) is 0.235. The van der Waals surface area contributed by atoms with E-state index in [1.165, 1.54) is 23.9 Å². The molecule has 0 aliphatic heterocycles. The standard InChI is InChI=1S/C17H18N4O4S3/c1-11(26-10-14-4-3-9-25-14)16(22)18-13-5-7-15(8-6-13)28(23,24)21-17-20-19-12(2)27-17/h3-9,11H,10H2,1-2H3,(H,18,22)(H,20,21). The monoisotopic (exact) mass is 438 g/mol. The van der Waals surface area contributed by atoms with Crippen LogP contribution in [0.1, 0.15) is 17.7 Å². The number of nitrogens with zero attached hydrogens (tertiary/aromatic N) is 2. The van der Waals surface area contributed by atoms with E-state index in [0.717, 1.165) is 17.1 Å². The van der Waals surface area contributed by atoms with Gasteiger partial charge in [-0.15, -0.1) is 22.0 Å². The molecule has 28 heavy (non-hydrogen) atoms. The molecule has 3 rings (SSSR count). The van der Waals surface area contributed by atoms with Gasteiger partial charge in [0.25, 0.3) is 10.0 Å². The van der Waals surface area contributed by atoms with Gasteiger partial charge >= 0.3 is 0 Å². The number of benzene rings is 1. The highest BCUT2D eigenvalue weighted by Crippen LogP contribution is 2.22. The highest BCUT2D eigenvalue weighted by Gasteiger charge is 2.18. The summed E-state index contributed by atoms with van der Waals surface area (Å²) in [6, 6.07) is 9.59. The second-order valence-electron chi connectivity index (χ2n) is 5.78. The van der Waals surface area contributed by atoms with E-state index in [1.807, 2.05) is 6.07 Å². The molecule has 0 saturated carbocycles. The third-order valence-corrected chi connectivity index (χ3v) is 7.01. The lowest BCUT2D eigenvalue weighted by atomic mass is 10.3. The van der Waals surface area contributed by atoms with Crippen LogP contribution in [0, 0.1) is 6.92 Å². The van der Waals surface area contributed by atoms with Crippen molar-refractivity contribution in [2.75, 3.05) is 10.0 Å². The Bertz CT molecular complexity index is 1030. The van der Waals surface area contributed by atoms with Crippen molar-refractivity contribution in [1.82, 2.24) is 10.2 Å². The molecule has 0 spiro atoms. The predicted molar refractivity (Wildman–Crippen MR) is 110 cm³/mol. The van der Waals surface area contributed by atoms with Crippen molar-refractivity contribution >= 4 is 49.8 Å². The molecule has 1 aromatic carbocycles. The largest absolute Gasteiger partial charge is 0.468 e. The lowest BCUT2D eigenvalue weighted by molar-refractivity contribution is -0.115. The zero-order valence-corrected chi connectivity index (χ0v) is 17.5. The number of furan rings is 1. The van der Waals surface area contributed by atoms with Gasteiger partial charge in [0, 0.05) is 5.69 Å². The zero-order valence-electron chi connectivity index (χ0n) is 15.1. The Morgan fingerprint density at radius 1 is 1.25 bits per heavy atom. The van der Waals surface area contributed by atoms with Crippen LogP contribution >= 0.6 is 23.1 Å². The second-order valence-corrected chi connectivity index (χ2v) is 9.97. The topological polar surface area (TPSA) is 114 Å². The molecule has 0 radical (unpaired) electrons. The quantitative estimate of drug-likeness (QED) is 0.553. The Morgan fingerprint density at radius 2 is 2.00 bits per heavy atom. The molecule has 3 aromatic rings. The Balaban J connectivity index is 1.58. The van der Waals surface area contributed by atoms with Crippen molar-refractivity contribution in [2.45, 2.75) is 29.7 Å². The first kappa shape index (κ1) is 20.4. The first-order valence-corrected chi connectivity index (χ1v) is 11.6. The molecule has 0 saturated heterocycles. The van der Waals surface area contributed by atoms with Gasteiger partial charge in [0.05, 0.1) is 22.2 Å². The molecule has 8 nitrogen and oxygen atoms in total. The number of aryl methyl sites for hydroxylation is 1. The Labute approximate surface area is 170 Å². The number of thioether (sulfide) groups is 1. The number of hydrogen-bond donors (Lipinski definition) is 2. The maximum atomic E-state index is 12.4. The number of carbonyl (C=O) groups excluding carboxylic acids is 1. The minimum absolute atomic E-state index is 0.0681. The molecule has 1 unspecified atom stereocenters. The average molecular weight is 439 g/mol. The number of carbonyl (C=O) groups is 1. The van der Waals surface area contributed by atoms with Crippen LogP contribution in [-0.2, 0) is 20.6 Å². The van der Waals surface area contributed by atoms with Gasteiger partial charge in [-0.3, -0.25) is 9.52 Å². The third kappa shape index (κ3) is 5.33. The zero-order chi connectivity index (χ0) is 20.1. The fourth-order valence-electron chi connectivity index (χ4n) is 2.15. The number of anilines is 2. The summed E-state index contributed by atoms with van der Waals surface area (Å²) in [5.41, 5.74) is 0.515. The molecule has 0 fully saturated rings. The van der Waals surface area contributed by atoms with Crippen LogP contribution in [0.3, 0.4) is 0 Å². The summed E-state index contributed by atoms with van der Waals surface area (Å²) in [7, 11) is -3.76. The Kier molecular flexibility index (Phi) is 6.37. The summed E-state index contributed by atoms with van der Waals surface area (Å²) in [5.74, 6) is 1.22. The van der Waals surface area contributed by atoms with E-state index in [9.17, 15) is 13.2 Å². The summed E-state index contributed by atoms with van der Waals surface area (Å²) >= 11 is 2.60. The number of amides is 1. The highest BCUT2D eigenvalue weighted by molar-refractivity contribution is 7.99. The minimum atomic E-state index is -3.76. The molecule has 0 aliphatic rings. The Hall–Kier alpha value is -2.37. The normalized spacial score (nSPS) is 12.5. The smallest absolute Gasteiger partial charge is 0.263 e. The van der Waals surface area contributed by atoms with Crippen molar-refractivity contribution < 1.29 is 17.6 Å². The van der Waals surface area contributed by atoms with Crippen LogP contribution in [0.4, 0.5) is 10.8 Å². The SMILES string of the molecule is Cc1nnc(NS(=O)(=O)c2ccc(NC(=O)C(C)SCc3ccco3)cc2)s1. The lowest BCUT2D eigenvalue weighted by Crippen LogP contribution is -2.22. The van der Waals surface area contributed by atoms with Crippen LogP contribution in [0.25, 0.3) is 0 Å². The van der Waals surface area contributed by atoms with E-state index >= 15 is 0 Å². The molecule has 2 N–H and O–H groups in total. The summed E-state index contributed by atoms with van der Waals surface area (Å²) in [5, 5.41) is 10.9. The van der Waals surface area contributed by atoms with Gasteiger partial charge in [-0.25, -0.2) is 8.42 Å². The maximum absolute atomic E-state index is 12.4.